The Kier molecular flexibility index (Phi) is 4.93. The number of nitrogens with zero attached hydrogens (tertiary/aromatic N) is 3. The Morgan fingerprint density at radius 2 is 1.80 bits per heavy atom. The van der Waals surface area contributed by atoms with Gasteiger partial charge < -0.3 is 10.6 Å². The largest absolute Gasteiger partial charge is 0.399 e. The molecule has 1 atom stereocenters. The molecule has 1 heterocycles. The van der Waals surface area contributed by atoms with Gasteiger partial charge in [-0.3, -0.25) is 4.79 Å². The number of amides is 3. The standard InChI is InChI=1S/C21H21F3N4O2/c1-19(2)17(29)28(18(30)27(19)12-13-6-4-5-7-16(13)26)15-9-8-14(11-25)20(3,10-15)21(22,23)24/h4-9H,10,12,26H2,1-3H3. The lowest BCUT2D eigenvalue weighted by Gasteiger charge is -2.36. The van der Waals surface area contributed by atoms with Crippen LogP contribution in [-0.2, 0) is 11.3 Å². The van der Waals surface area contributed by atoms with Crippen molar-refractivity contribution in [1.29, 1.82) is 5.26 Å². The van der Waals surface area contributed by atoms with Crippen LogP contribution in [0.15, 0.2) is 47.7 Å². The quantitative estimate of drug-likeness (QED) is 0.591. The molecular weight excluding hydrogens is 397 g/mol. The number of nitrogens with two attached hydrogens (primary N) is 1. The number of para-hydroxylation sites is 1. The van der Waals surface area contributed by atoms with Gasteiger partial charge in [0.15, 0.2) is 0 Å². The van der Waals surface area contributed by atoms with Crippen LogP contribution in [0, 0.1) is 16.7 Å². The first-order valence-electron chi connectivity index (χ1n) is 9.22. The maximum Gasteiger partial charge on any atom is 0.399 e. The molecule has 1 aliphatic carbocycles. The van der Waals surface area contributed by atoms with Crippen LogP contribution in [0.3, 0.4) is 0 Å². The number of carbonyl (C=O) groups is 2. The van der Waals surface area contributed by atoms with Crippen LogP contribution in [0.2, 0.25) is 0 Å². The summed E-state index contributed by atoms with van der Waals surface area (Å²) in [5, 5.41) is 9.15. The molecule has 0 saturated carbocycles. The van der Waals surface area contributed by atoms with Crippen LogP contribution in [0.25, 0.3) is 0 Å². The zero-order valence-electron chi connectivity index (χ0n) is 16.7. The molecule has 1 saturated heterocycles. The second kappa shape index (κ2) is 6.90. The summed E-state index contributed by atoms with van der Waals surface area (Å²) in [5.41, 5.74) is 2.67. The van der Waals surface area contributed by atoms with E-state index in [4.69, 9.17) is 11.0 Å². The average Bonchev–Trinajstić information content (AvgIpc) is 2.82. The maximum absolute atomic E-state index is 13.7. The average molecular weight is 418 g/mol. The molecule has 3 rings (SSSR count). The number of carbonyl (C=O) groups excluding carboxylic acids is 2. The number of allylic oxidation sites excluding steroid dienone is 4. The van der Waals surface area contributed by atoms with E-state index in [1.54, 1.807) is 30.3 Å². The van der Waals surface area contributed by atoms with Crippen molar-refractivity contribution in [2.75, 3.05) is 5.73 Å². The van der Waals surface area contributed by atoms with Gasteiger partial charge in [-0.05, 0) is 44.6 Å². The molecule has 1 fully saturated rings. The fourth-order valence-electron chi connectivity index (χ4n) is 3.65. The van der Waals surface area contributed by atoms with Gasteiger partial charge in [-0.25, -0.2) is 9.69 Å². The van der Waals surface area contributed by atoms with Gasteiger partial charge in [0.05, 0.1) is 12.6 Å². The number of hydrogen-bond donors (Lipinski definition) is 1. The predicted molar refractivity (Wildman–Crippen MR) is 103 cm³/mol. The highest BCUT2D eigenvalue weighted by atomic mass is 19.4. The summed E-state index contributed by atoms with van der Waals surface area (Å²) < 4.78 is 41.2. The fraction of sp³-hybridized carbons (Fsp3) is 0.381. The summed E-state index contributed by atoms with van der Waals surface area (Å²) in [5.74, 6) is -0.633. The third-order valence-electron chi connectivity index (χ3n) is 5.81. The minimum atomic E-state index is -4.73. The second-order valence-electron chi connectivity index (χ2n) is 8.12. The van der Waals surface area contributed by atoms with E-state index in [2.05, 4.69) is 0 Å². The summed E-state index contributed by atoms with van der Waals surface area (Å²) in [6.07, 6.45) is -3.16. The first-order valence-corrected chi connectivity index (χ1v) is 9.22. The number of urea groups is 1. The van der Waals surface area contributed by atoms with Crippen LogP contribution in [0.1, 0.15) is 32.8 Å². The number of anilines is 1. The van der Waals surface area contributed by atoms with Gasteiger partial charge in [-0.1, -0.05) is 18.2 Å². The SMILES string of the molecule is CC1(C)C(=O)N(C2=CC=C(C#N)C(C)(C(F)(F)F)C2)C(=O)N1Cc1ccccc1N. The van der Waals surface area contributed by atoms with E-state index in [0.29, 0.717) is 11.3 Å². The van der Waals surface area contributed by atoms with Crippen molar-refractivity contribution in [2.24, 2.45) is 5.41 Å². The smallest absolute Gasteiger partial charge is 0.398 e. The highest BCUT2D eigenvalue weighted by Crippen LogP contribution is 2.51. The number of halogens is 3. The van der Waals surface area contributed by atoms with Gasteiger partial charge in [0.25, 0.3) is 5.91 Å². The lowest BCUT2D eigenvalue weighted by molar-refractivity contribution is -0.203. The Balaban J connectivity index is 2.00. The number of imide groups is 1. The van der Waals surface area contributed by atoms with Crippen LogP contribution >= 0.6 is 0 Å². The van der Waals surface area contributed by atoms with Crippen molar-refractivity contribution in [2.45, 2.75) is 45.5 Å². The van der Waals surface area contributed by atoms with E-state index in [9.17, 15) is 22.8 Å². The topological polar surface area (TPSA) is 90.4 Å². The molecule has 2 N–H and O–H groups in total. The third kappa shape index (κ3) is 3.12. The summed E-state index contributed by atoms with van der Waals surface area (Å²) in [4.78, 5) is 28.3. The van der Waals surface area contributed by atoms with Crippen LogP contribution in [-0.4, -0.2) is 33.5 Å². The number of alkyl halides is 3. The van der Waals surface area contributed by atoms with E-state index >= 15 is 0 Å². The van der Waals surface area contributed by atoms with E-state index in [0.717, 1.165) is 17.9 Å². The molecular formula is C21H21F3N4O2. The molecule has 1 unspecified atom stereocenters. The van der Waals surface area contributed by atoms with Crippen molar-refractivity contribution >= 4 is 17.6 Å². The van der Waals surface area contributed by atoms with Crippen LogP contribution in [0.5, 0.6) is 0 Å². The lowest BCUT2D eigenvalue weighted by atomic mass is 9.74. The van der Waals surface area contributed by atoms with E-state index in [1.165, 1.54) is 24.8 Å². The zero-order valence-corrected chi connectivity index (χ0v) is 16.7. The molecule has 0 bridgehead atoms. The lowest BCUT2D eigenvalue weighted by Crippen LogP contribution is -2.44. The van der Waals surface area contributed by atoms with Crippen molar-refractivity contribution in [1.82, 2.24) is 9.80 Å². The van der Waals surface area contributed by atoms with Crippen molar-refractivity contribution in [3.8, 4) is 6.07 Å². The molecule has 1 aliphatic heterocycles. The molecule has 0 aromatic heterocycles. The normalized spacial score (nSPS) is 23.9. The molecule has 0 radical (unpaired) electrons. The number of hydrogen-bond acceptors (Lipinski definition) is 4. The molecule has 9 heteroatoms. The monoisotopic (exact) mass is 418 g/mol. The van der Waals surface area contributed by atoms with Gasteiger partial charge in [0.2, 0.25) is 0 Å². The fourth-order valence-corrected chi connectivity index (χ4v) is 3.65. The molecule has 6 nitrogen and oxygen atoms in total. The first kappa shape index (κ1) is 21.4. The van der Waals surface area contributed by atoms with Gasteiger partial charge in [0.1, 0.15) is 11.0 Å². The van der Waals surface area contributed by atoms with Crippen molar-refractivity contribution < 1.29 is 22.8 Å². The first-order chi connectivity index (χ1) is 13.8. The number of benzene rings is 1. The Morgan fingerprint density at radius 3 is 2.37 bits per heavy atom. The molecule has 1 aromatic rings. The highest BCUT2D eigenvalue weighted by Gasteiger charge is 2.58. The minimum Gasteiger partial charge on any atom is -0.398 e. The van der Waals surface area contributed by atoms with E-state index < -0.39 is 41.1 Å². The van der Waals surface area contributed by atoms with Crippen molar-refractivity contribution in [3.05, 3.63) is 53.3 Å². The number of rotatable bonds is 3. The number of nitrogen functional groups attached to an aromatic ring is 1. The zero-order chi connectivity index (χ0) is 22.5. The maximum atomic E-state index is 13.7. The van der Waals surface area contributed by atoms with Crippen LogP contribution < -0.4 is 5.73 Å². The van der Waals surface area contributed by atoms with Gasteiger partial charge in [-0.2, -0.15) is 18.4 Å². The Morgan fingerprint density at radius 1 is 1.17 bits per heavy atom. The van der Waals surface area contributed by atoms with Gasteiger partial charge in [-0.15, -0.1) is 0 Å². The summed E-state index contributed by atoms with van der Waals surface area (Å²) >= 11 is 0. The predicted octanol–water partition coefficient (Wildman–Crippen LogP) is 4.12. The summed E-state index contributed by atoms with van der Waals surface area (Å²) in [6, 6.07) is 7.71. The molecule has 2 aliphatic rings. The molecule has 0 spiro atoms. The third-order valence-corrected chi connectivity index (χ3v) is 5.81. The molecule has 3 amide bonds. The Bertz CT molecular complexity index is 1020. The van der Waals surface area contributed by atoms with Crippen molar-refractivity contribution in [3.63, 3.8) is 0 Å². The molecule has 158 valence electrons. The Hall–Kier alpha value is -3.28. The highest BCUT2D eigenvalue weighted by molar-refractivity contribution is 6.08. The molecule has 1 aromatic carbocycles. The minimum absolute atomic E-state index is 0.0316. The summed E-state index contributed by atoms with van der Waals surface area (Å²) in [7, 11) is 0. The van der Waals surface area contributed by atoms with Crippen LogP contribution in [0.4, 0.5) is 23.7 Å². The van der Waals surface area contributed by atoms with Gasteiger partial charge in [0, 0.05) is 23.4 Å². The van der Waals surface area contributed by atoms with E-state index in [1.807, 2.05) is 0 Å². The number of nitriles is 1. The van der Waals surface area contributed by atoms with E-state index in [-0.39, 0.29) is 12.2 Å². The molecule has 30 heavy (non-hydrogen) atoms. The summed E-state index contributed by atoms with van der Waals surface area (Å²) in [6.45, 7) is 4.00. The van der Waals surface area contributed by atoms with Gasteiger partial charge >= 0.3 is 12.2 Å². The second-order valence-corrected chi connectivity index (χ2v) is 8.12. The Labute approximate surface area is 172 Å².